The van der Waals surface area contributed by atoms with Gasteiger partial charge in [0.2, 0.25) is 0 Å². The molecule has 0 radical (unpaired) electrons. The number of hydrogen-bond donors (Lipinski definition) is 0. The Balaban J connectivity index is 1.37. The van der Waals surface area contributed by atoms with Crippen LogP contribution in [0.5, 0.6) is 0 Å². The molecule has 5 nitrogen and oxygen atoms in total. The molecule has 2 aliphatic rings. The van der Waals surface area contributed by atoms with E-state index >= 15 is 0 Å². The number of halogens is 1. The van der Waals surface area contributed by atoms with Crippen molar-refractivity contribution in [1.29, 1.82) is 0 Å². The molecule has 2 aliphatic heterocycles. The maximum Gasteiger partial charge on any atom is 0.330 e. The van der Waals surface area contributed by atoms with Gasteiger partial charge in [-0.2, -0.15) is 0 Å². The number of hydrogen-bond acceptors (Lipinski definition) is 3. The number of amides is 1. The van der Waals surface area contributed by atoms with E-state index in [2.05, 4.69) is 9.88 Å². The molecule has 1 aromatic carbocycles. The molecule has 6 heteroatoms. The Morgan fingerprint density at radius 3 is 2.71 bits per heavy atom. The molecule has 0 N–H and O–H groups in total. The molecule has 126 valence electrons. The summed E-state index contributed by atoms with van der Waals surface area (Å²) in [4.78, 5) is 21.0. The fourth-order valence-electron chi connectivity index (χ4n) is 3.78. The second-order valence-corrected chi connectivity index (χ2v) is 6.64. The molecule has 1 saturated heterocycles. The van der Waals surface area contributed by atoms with Crippen LogP contribution in [0.1, 0.15) is 29.9 Å². The summed E-state index contributed by atoms with van der Waals surface area (Å²) in [6.45, 7) is 4.92. The number of likely N-dealkylation sites (tertiary alicyclic amines) is 1. The average molecular weight is 328 g/mol. The van der Waals surface area contributed by atoms with Crippen LogP contribution in [-0.2, 0) is 13.1 Å². The third-order valence-corrected chi connectivity index (χ3v) is 5.13. The lowest BCUT2D eigenvalue weighted by Crippen LogP contribution is -2.45. The van der Waals surface area contributed by atoms with Gasteiger partial charge < -0.3 is 4.90 Å². The molecule has 1 aromatic heterocycles. The quantitative estimate of drug-likeness (QED) is 0.870. The minimum absolute atomic E-state index is 0.0487. The van der Waals surface area contributed by atoms with Crippen molar-refractivity contribution < 1.29 is 9.18 Å². The second kappa shape index (κ2) is 6.02. The lowest BCUT2D eigenvalue weighted by molar-refractivity contribution is 0.122. The molecule has 0 spiro atoms. The van der Waals surface area contributed by atoms with E-state index in [0.717, 1.165) is 43.0 Å². The van der Waals surface area contributed by atoms with E-state index in [1.165, 1.54) is 6.07 Å². The maximum atomic E-state index is 13.8. The summed E-state index contributed by atoms with van der Waals surface area (Å²) in [5.41, 5.74) is 1.72. The first-order valence-electron chi connectivity index (χ1n) is 8.43. The van der Waals surface area contributed by atoms with Gasteiger partial charge >= 0.3 is 6.03 Å². The lowest BCUT2D eigenvalue weighted by atomic mass is 10.0. The Hall–Kier alpha value is -2.21. The highest BCUT2D eigenvalue weighted by molar-refractivity contribution is 5.81. The Morgan fingerprint density at radius 1 is 1.25 bits per heavy atom. The first kappa shape index (κ1) is 15.3. The fraction of sp³-hybridized carbons (Fsp3) is 0.444. The summed E-state index contributed by atoms with van der Waals surface area (Å²) in [5.74, 6) is 0.617. The zero-order chi connectivity index (χ0) is 16.7. The molecule has 2 aromatic rings. The number of benzene rings is 1. The number of piperidine rings is 1. The summed E-state index contributed by atoms with van der Waals surface area (Å²) in [5, 5.41) is 0. The van der Waals surface area contributed by atoms with Gasteiger partial charge in [-0.3, -0.25) is 9.47 Å². The number of fused-ring (bicyclic) bond motifs is 1. The van der Waals surface area contributed by atoms with Crippen molar-refractivity contribution in [2.24, 2.45) is 0 Å². The maximum absolute atomic E-state index is 13.8. The van der Waals surface area contributed by atoms with Crippen molar-refractivity contribution in [3.05, 3.63) is 53.4 Å². The van der Waals surface area contributed by atoms with Crippen molar-refractivity contribution in [2.45, 2.75) is 38.9 Å². The van der Waals surface area contributed by atoms with Crippen LogP contribution < -0.4 is 0 Å². The standard InChI is InChI=1S/C18H21FN4O/c1-13-20-10-16-12-22(18(24)23(13)16)15-6-8-21(9-7-15)11-14-4-2-3-5-17(14)19/h2-5,10,15H,6-9,11-12H2,1H3. The highest BCUT2D eigenvalue weighted by atomic mass is 19.1. The van der Waals surface area contributed by atoms with E-state index in [1.807, 2.05) is 24.0 Å². The van der Waals surface area contributed by atoms with Crippen LogP contribution in [0.15, 0.2) is 30.5 Å². The minimum atomic E-state index is -0.142. The molecule has 0 unspecified atom stereocenters. The van der Waals surface area contributed by atoms with Crippen molar-refractivity contribution in [3.8, 4) is 0 Å². The van der Waals surface area contributed by atoms with Gasteiger partial charge in [-0.25, -0.2) is 14.2 Å². The summed E-state index contributed by atoms with van der Waals surface area (Å²) in [6, 6.07) is 7.25. The van der Waals surface area contributed by atoms with Crippen LogP contribution in [0.3, 0.4) is 0 Å². The third kappa shape index (κ3) is 2.60. The summed E-state index contributed by atoms with van der Waals surface area (Å²) < 4.78 is 15.5. The van der Waals surface area contributed by atoms with E-state index in [1.54, 1.807) is 16.8 Å². The van der Waals surface area contributed by atoms with Gasteiger partial charge in [0.1, 0.15) is 11.6 Å². The predicted octanol–water partition coefficient (Wildman–Crippen LogP) is 2.78. The van der Waals surface area contributed by atoms with E-state index in [4.69, 9.17) is 0 Å². The number of imidazole rings is 1. The van der Waals surface area contributed by atoms with Gasteiger partial charge in [0, 0.05) is 31.2 Å². The lowest BCUT2D eigenvalue weighted by Gasteiger charge is -2.36. The van der Waals surface area contributed by atoms with Crippen molar-refractivity contribution in [2.75, 3.05) is 13.1 Å². The van der Waals surface area contributed by atoms with Gasteiger partial charge in [-0.15, -0.1) is 0 Å². The molecular weight excluding hydrogens is 307 g/mol. The van der Waals surface area contributed by atoms with Gasteiger partial charge in [-0.1, -0.05) is 18.2 Å². The summed E-state index contributed by atoms with van der Waals surface area (Å²) in [6.07, 6.45) is 3.65. The summed E-state index contributed by atoms with van der Waals surface area (Å²) >= 11 is 0. The van der Waals surface area contributed by atoms with Crippen molar-refractivity contribution in [1.82, 2.24) is 19.4 Å². The fourth-order valence-corrected chi connectivity index (χ4v) is 3.78. The van der Waals surface area contributed by atoms with E-state index in [-0.39, 0.29) is 17.9 Å². The van der Waals surface area contributed by atoms with Crippen LogP contribution in [0.25, 0.3) is 0 Å². The Kier molecular flexibility index (Phi) is 3.84. The average Bonchev–Trinajstić information content (AvgIpc) is 3.11. The summed E-state index contributed by atoms with van der Waals surface area (Å²) in [7, 11) is 0. The Bertz CT molecular complexity index is 764. The van der Waals surface area contributed by atoms with Gasteiger partial charge in [0.15, 0.2) is 0 Å². The first-order chi connectivity index (χ1) is 11.6. The van der Waals surface area contributed by atoms with Crippen molar-refractivity contribution >= 4 is 6.03 Å². The molecular formula is C18H21FN4O. The van der Waals surface area contributed by atoms with Crippen LogP contribution in [-0.4, -0.2) is 44.5 Å². The number of aromatic nitrogens is 2. The van der Waals surface area contributed by atoms with Crippen LogP contribution in [0.2, 0.25) is 0 Å². The molecule has 1 amide bonds. The van der Waals surface area contributed by atoms with Crippen LogP contribution in [0.4, 0.5) is 9.18 Å². The topological polar surface area (TPSA) is 41.4 Å². The monoisotopic (exact) mass is 328 g/mol. The molecule has 3 heterocycles. The SMILES string of the molecule is Cc1ncc2n1C(=O)N(C1CCN(Cc3ccccc3F)CC1)C2. The van der Waals surface area contributed by atoms with E-state index < -0.39 is 0 Å². The van der Waals surface area contributed by atoms with Crippen molar-refractivity contribution in [3.63, 3.8) is 0 Å². The van der Waals surface area contributed by atoms with Gasteiger partial charge in [-0.05, 0) is 25.8 Å². The number of carbonyl (C=O) groups excluding carboxylic acids is 1. The van der Waals surface area contributed by atoms with E-state index in [9.17, 15) is 9.18 Å². The number of nitrogens with zero attached hydrogens (tertiary/aromatic N) is 4. The normalized spacial score (nSPS) is 19.1. The molecule has 0 bridgehead atoms. The first-order valence-corrected chi connectivity index (χ1v) is 8.43. The zero-order valence-electron chi connectivity index (χ0n) is 13.8. The predicted molar refractivity (Wildman–Crippen MR) is 88.0 cm³/mol. The number of carbonyl (C=O) groups is 1. The highest BCUT2D eigenvalue weighted by Gasteiger charge is 2.35. The Labute approximate surface area is 140 Å². The smallest absolute Gasteiger partial charge is 0.315 e. The number of aryl methyl sites for hydroxylation is 1. The third-order valence-electron chi connectivity index (χ3n) is 5.13. The molecule has 0 aliphatic carbocycles. The van der Waals surface area contributed by atoms with Gasteiger partial charge in [0.05, 0.1) is 18.4 Å². The van der Waals surface area contributed by atoms with E-state index in [0.29, 0.717) is 13.1 Å². The Morgan fingerprint density at radius 2 is 2.00 bits per heavy atom. The molecule has 4 rings (SSSR count). The zero-order valence-corrected chi connectivity index (χ0v) is 13.8. The highest BCUT2D eigenvalue weighted by Crippen LogP contribution is 2.26. The second-order valence-electron chi connectivity index (χ2n) is 6.64. The molecule has 24 heavy (non-hydrogen) atoms. The van der Waals surface area contributed by atoms with Gasteiger partial charge in [0.25, 0.3) is 0 Å². The minimum Gasteiger partial charge on any atom is -0.315 e. The molecule has 0 saturated carbocycles. The van der Waals surface area contributed by atoms with Crippen LogP contribution in [0, 0.1) is 12.7 Å². The van der Waals surface area contributed by atoms with Crippen LogP contribution >= 0.6 is 0 Å². The molecule has 0 atom stereocenters. The largest absolute Gasteiger partial charge is 0.330 e. The number of rotatable bonds is 3. The molecule has 1 fully saturated rings.